The fourth-order valence-electron chi connectivity index (χ4n) is 3.59. The zero-order valence-corrected chi connectivity index (χ0v) is 19.4. The van der Waals surface area contributed by atoms with Crippen LogP contribution in [-0.2, 0) is 4.43 Å². The Bertz CT molecular complexity index is 753. The first-order valence-electron chi connectivity index (χ1n) is 10.6. The number of hydrogen-bond acceptors (Lipinski definition) is 5. The van der Waals surface area contributed by atoms with Crippen LogP contribution in [0.1, 0.15) is 45.3 Å². The van der Waals surface area contributed by atoms with E-state index in [-0.39, 0.29) is 17.2 Å². The van der Waals surface area contributed by atoms with Crippen molar-refractivity contribution >= 4 is 8.32 Å². The van der Waals surface area contributed by atoms with Gasteiger partial charge in [0.15, 0.2) is 19.8 Å². The molecule has 0 unspecified atom stereocenters. The Morgan fingerprint density at radius 2 is 1.83 bits per heavy atom. The molecule has 0 spiro atoms. The second-order valence-corrected chi connectivity index (χ2v) is 14.2. The van der Waals surface area contributed by atoms with E-state index in [0.717, 1.165) is 30.2 Å². The Kier molecular flexibility index (Phi) is 6.78. The molecule has 0 amide bonds. The number of ether oxygens (including phenoxy) is 2. The first-order valence-corrected chi connectivity index (χ1v) is 13.5. The highest BCUT2D eigenvalue weighted by Crippen LogP contribution is 2.42. The van der Waals surface area contributed by atoms with Crippen molar-refractivity contribution in [2.24, 2.45) is 5.11 Å². The van der Waals surface area contributed by atoms with Crippen molar-refractivity contribution in [2.45, 2.75) is 63.9 Å². The van der Waals surface area contributed by atoms with Crippen molar-refractivity contribution < 1.29 is 13.9 Å². The zero-order valence-electron chi connectivity index (χ0n) is 18.4. The predicted molar refractivity (Wildman–Crippen MR) is 117 cm³/mol. The van der Waals surface area contributed by atoms with Crippen molar-refractivity contribution in [1.82, 2.24) is 4.90 Å². The van der Waals surface area contributed by atoms with Gasteiger partial charge in [-0.15, -0.1) is 0 Å². The normalized spacial score (nSPS) is 19.5. The molecular formula is C21H34N4O3Si. The van der Waals surface area contributed by atoms with E-state index < -0.39 is 8.32 Å². The highest BCUT2D eigenvalue weighted by atomic mass is 28.4. The van der Waals surface area contributed by atoms with Crippen LogP contribution in [0.4, 0.5) is 0 Å². The van der Waals surface area contributed by atoms with Crippen LogP contribution in [0.3, 0.4) is 0 Å². The molecular weight excluding hydrogens is 384 g/mol. The van der Waals surface area contributed by atoms with Gasteiger partial charge in [-0.05, 0) is 67.3 Å². The van der Waals surface area contributed by atoms with Gasteiger partial charge < -0.3 is 18.8 Å². The molecule has 29 heavy (non-hydrogen) atoms. The third kappa shape index (κ3) is 5.25. The standard InChI is InChI=1S/C21H34N4O3Si/c1-21(2,3)29(4,5)28-20(17(23-24-22)15-25-10-6-7-11-25)16-8-9-18-19(14-16)27-13-12-26-18/h8-9,14,17,20H,6-7,10-13,15H2,1-5H3/t17-,20-/m1/s1. The van der Waals surface area contributed by atoms with E-state index in [2.05, 4.69) is 48.8 Å². The van der Waals surface area contributed by atoms with Gasteiger partial charge in [0.05, 0.1) is 12.1 Å². The maximum atomic E-state index is 9.31. The molecule has 2 heterocycles. The Hall–Kier alpha value is -1.73. The summed E-state index contributed by atoms with van der Waals surface area (Å²) in [6, 6.07) is 5.66. The predicted octanol–water partition coefficient (Wildman–Crippen LogP) is 5.30. The molecule has 0 saturated carbocycles. The molecule has 0 N–H and O–H groups in total. The number of likely N-dealkylation sites (tertiary alicyclic amines) is 1. The maximum Gasteiger partial charge on any atom is 0.192 e. The van der Waals surface area contributed by atoms with Gasteiger partial charge in [-0.3, -0.25) is 0 Å². The largest absolute Gasteiger partial charge is 0.486 e. The summed E-state index contributed by atoms with van der Waals surface area (Å²) in [6.45, 7) is 15.1. The molecule has 1 fully saturated rings. The summed E-state index contributed by atoms with van der Waals surface area (Å²) < 4.78 is 18.3. The number of fused-ring (bicyclic) bond motifs is 1. The molecule has 7 nitrogen and oxygen atoms in total. The molecule has 0 radical (unpaired) electrons. The van der Waals surface area contributed by atoms with Crippen LogP contribution in [0, 0.1) is 0 Å². The Balaban J connectivity index is 1.96. The van der Waals surface area contributed by atoms with Crippen molar-refractivity contribution in [2.75, 3.05) is 32.8 Å². The van der Waals surface area contributed by atoms with Gasteiger partial charge >= 0.3 is 0 Å². The SMILES string of the molecule is CC(C)(C)[Si](C)(C)O[C@H](c1ccc2c(c1)OCCO2)[C@@H](CN1CCCC1)N=[N+]=[N-]. The average molecular weight is 419 g/mol. The second-order valence-electron chi connectivity index (χ2n) is 9.48. The number of azide groups is 1. The van der Waals surface area contributed by atoms with E-state index in [1.165, 1.54) is 12.8 Å². The summed E-state index contributed by atoms with van der Waals surface area (Å²) in [4.78, 5) is 5.56. The molecule has 2 aliphatic rings. The van der Waals surface area contributed by atoms with E-state index in [9.17, 15) is 5.53 Å². The Morgan fingerprint density at radius 1 is 1.17 bits per heavy atom. The van der Waals surface area contributed by atoms with Crippen LogP contribution in [-0.4, -0.2) is 52.1 Å². The summed E-state index contributed by atoms with van der Waals surface area (Å²) >= 11 is 0. The van der Waals surface area contributed by atoms with Crippen LogP contribution in [0.2, 0.25) is 18.1 Å². The third-order valence-corrected chi connectivity index (χ3v) is 10.8. The summed E-state index contributed by atoms with van der Waals surface area (Å²) in [5.74, 6) is 1.49. The van der Waals surface area contributed by atoms with Gasteiger partial charge in [0.1, 0.15) is 13.2 Å². The molecule has 8 heteroatoms. The highest BCUT2D eigenvalue weighted by Gasteiger charge is 2.41. The van der Waals surface area contributed by atoms with E-state index in [1.54, 1.807) is 0 Å². The fourth-order valence-corrected chi connectivity index (χ4v) is 4.87. The topological polar surface area (TPSA) is 79.7 Å². The van der Waals surface area contributed by atoms with E-state index >= 15 is 0 Å². The van der Waals surface area contributed by atoms with Gasteiger partial charge in [-0.25, -0.2) is 0 Å². The molecule has 2 aliphatic heterocycles. The van der Waals surface area contributed by atoms with Gasteiger partial charge in [0.2, 0.25) is 0 Å². The van der Waals surface area contributed by atoms with Gasteiger partial charge in [0.25, 0.3) is 0 Å². The molecule has 1 saturated heterocycles. The summed E-state index contributed by atoms with van der Waals surface area (Å²) in [7, 11) is -2.11. The first-order chi connectivity index (χ1) is 13.7. The quantitative estimate of drug-likeness (QED) is 0.261. The van der Waals surface area contributed by atoms with Gasteiger partial charge in [-0.1, -0.05) is 32.0 Å². The van der Waals surface area contributed by atoms with Crippen LogP contribution < -0.4 is 9.47 Å². The van der Waals surface area contributed by atoms with Crippen molar-refractivity contribution in [3.05, 3.63) is 34.2 Å². The minimum atomic E-state index is -2.11. The van der Waals surface area contributed by atoms with E-state index in [1.807, 2.05) is 18.2 Å². The van der Waals surface area contributed by atoms with Crippen molar-refractivity contribution in [3.63, 3.8) is 0 Å². The summed E-state index contributed by atoms with van der Waals surface area (Å²) in [5.41, 5.74) is 10.3. The second kappa shape index (κ2) is 8.96. The summed E-state index contributed by atoms with van der Waals surface area (Å²) in [6.07, 6.45) is 2.07. The van der Waals surface area contributed by atoms with Gasteiger partial charge in [-0.2, -0.15) is 0 Å². The molecule has 0 aliphatic carbocycles. The molecule has 2 atom stereocenters. The molecule has 3 rings (SSSR count). The Morgan fingerprint density at radius 3 is 2.45 bits per heavy atom. The van der Waals surface area contributed by atoms with E-state index in [0.29, 0.717) is 19.8 Å². The molecule has 1 aromatic carbocycles. The van der Waals surface area contributed by atoms with Gasteiger partial charge in [0, 0.05) is 11.5 Å². The number of nitrogens with zero attached hydrogens (tertiary/aromatic N) is 4. The lowest BCUT2D eigenvalue weighted by atomic mass is 10.0. The van der Waals surface area contributed by atoms with Crippen LogP contribution >= 0.6 is 0 Å². The highest BCUT2D eigenvalue weighted by molar-refractivity contribution is 6.74. The van der Waals surface area contributed by atoms with E-state index in [4.69, 9.17) is 13.9 Å². The zero-order chi connectivity index (χ0) is 21.1. The van der Waals surface area contributed by atoms with Crippen LogP contribution in [0.5, 0.6) is 11.5 Å². The molecule has 0 bridgehead atoms. The Labute approximate surface area is 175 Å². The number of hydrogen-bond donors (Lipinski definition) is 0. The van der Waals surface area contributed by atoms with Crippen LogP contribution in [0.15, 0.2) is 23.3 Å². The minimum Gasteiger partial charge on any atom is -0.486 e. The van der Waals surface area contributed by atoms with Crippen molar-refractivity contribution in [3.8, 4) is 11.5 Å². The lowest BCUT2D eigenvalue weighted by molar-refractivity contribution is 0.131. The number of benzene rings is 1. The minimum absolute atomic E-state index is 0.0492. The molecule has 160 valence electrons. The first kappa shape index (κ1) is 22.0. The third-order valence-electron chi connectivity index (χ3n) is 6.32. The number of rotatable bonds is 7. The molecule has 1 aromatic rings. The fraction of sp³-hybridized carbons (Fsp3) is 0.714. The lowest BCUT2D eigenvalue weighted by Gasteiger charge is -2.41. The molecule has 0 aromatic heterocycles. The average Bonchev–Trinajstić information content (AvgIpc) is 3.18. The maximum absolute atomic E-state index is 9.31. The smallest absolute Gasteiger partial charge is 0.192 e. The summed E-state index contributed by atoms with van der Waals surface area (Å²) in [5, 5.41) is 4.26. The van der Waals surface area contributed by atoms with Crippen LogP contribution in [0.25, 0.3) is 10.4 Å². The monoisotopic (exact) mass is 418 g/mol. The van der Waals surface area contributed by atoms with Crippen molar-refractivity contribution in [1.29, 1.82) is 0 Å². The lowest BCUT2D eigenvalue weighted by Crippen LogP contribution is -2.45.